The Kier molecular flexibility index (Phi) is 16.9. The second-order valence-electron chi connectivity index (χ2n) is 29.3. The first-order chi connectivity index (χ1) is 42.3. The summed E-state index contributed by atoms with van der Waals surface area (Å²) in [5.41, 5.74) is 5.20. The third-order valence-electron chi connectivity index (χ3n) is 18.1. The largest absolute Gasteiger partial charge is 0.368 e. The topological polar surface area (TPSA) is 222 Å². The van der Waals surface area contributed by atoms with Gasteiger partial charge in [0.05, 0.1) is 52.9 Å². The summed E-state index contributed by atoms with van der Waals surface area (Å²) < 4.78 is 154. The van der Waals surface area contributed by atoms with Gasteiger partial charge in [0.1, 0.15) is 97.7 Å². The molecule has 0 aromatic heterocycles. The van der Waals surface area contributed by atoms with E-state index in [2.05, 4.69) is 48.6 Å². The number of fused-ring (bicyclic) bond motifs is 4. The minimum absolute atomic E-state index is 0.176. The monoisotopic (exact) mass is 1270 g/mol. The molecule has 2 aromatic rings. The summed E-state index contributed by atoms with van der Waals surface area (Å²) in [6.07, 6.45) is -6.72. The molecule has 2 aromatic carbocycles. The van der Waals surface area contributed by atoms with Gasteiger partial charge in [0.25, 0.3) is 0 Å². The predicted molar refractivity (Wildman–Crippen MR) is 311 cm³/mol. The van der Waals surface area contributed by atoms with Crippen molar-refractivity contribution in [2.75, 3.05) is 26.4 Å². The van der Waals surface area contributed by atoms with Crippen molar-refractivity contribution in [2.24, 2.45) is 0 Å². The molecule has 24 nitrogen and oxygen atoms in total. The molecule has 12 fully saturated rings. The highest BCUT2D eigenvalue weighted by molar-refractivity contribution is 5.71. The van der Waals surface area contributed by atoms with E-state index in [1.54, 1.807) is 0 Å². The third kappa shape index (κ3) is 13.7. The van der Waals surface area contributed by atoms with Crippen LogP contribution in [0.4, 0.5) is 0 Å². The first kappa shape index (κ1) is 64.6. The van der Waals surface area contributed by atoms with Crippen molar-refractivity contribution in [2.45, 2.75) is 306 Å². The molecule has 0 amide bonds. The van der Waals surface area contributed by atoms with Gasteiger partial charge in [-0.3, -0.25) is 0 Å². The van der Waals surface area contributed by atoms with E-state index in [-0.39, 0.29) is 26.4 Å². The van der Waals surface area contributed by atoms with Gasteiger partial charge in [0.2, 0.25) is 0 Å². The zero-order chi connectivity index (χ0) is 63.3. The van der Waals surface area contributed by atoms with E-state index in [1.807, 2.05) is 111 Å². The molecule has 24 heteroatoms. The number of hydrogen-bond acceptors (Lipinski definition) is 24. The van der Waals surface area contributed by atoms with Crippen LogP contribution in [-0.4, -0.2) is 196 Å². The quantitative estimate of drug-likeness (QED) is 0.132. The molecular weight excluding hydrogens is 1180 g/mol. The molecule has 0 radical (unpaired) electrons. The minimum Gasteiger partial charge on any atom is -0.368 e. The van der Waals surface area contributed by atoms with Gasteiger partial charge >= 0.3 is 0 Å². The number of rotatable bonds is 18. The number of hydrogen-bond donors (Lipinski definition) is 0. The number of benzene rings is 2. The Morgan fingerprint density at radius 2 is 0.511 bits per heavy atom. The summed E-state index contributed by atoms with van der Waals surface area (Å²) in [6, 6.07) is 12.6. The van der Waals surface area contributed by atoms with Gasteiger partial charge in [-0.05, 0) is 168 Å². The van der Waals surface area contributed by atoms with Crippen molar-refractivity contribution < 1.29 is 114 Å². The molecule has 20 atom stereocenters. The zero-order valence-electron chi connectivity index (χ0n) is 54.6. The lowest BCUT2D eigenvalue weighted by Crippen LogP contribution is -2.44. The SMILES string of the molecule is CC1(C)O[C@H]2O[C@H]([C@H]3COC(C)(C)O3)[C@H](OCc3cc(/C=C/c4cc(CO[C@@H]5[C@H]6OC(C)(C)O[C@H]6O[C@@H]5[C@H]5COC(C)(C)O5)cc(CO[C@@H]5[C@H]6OC(C)(C)O[C@H]6O[C@@H]5[C@H]5COC(C)(C)O5)c4)cc(CO[C@@H]4[C@H]5OC(C)(C)O[C@H]5O[C@@H]4[C@H]4COC(C)(C)O4)c3)[C@H]2O1. The Hall–Kier alpha value is -2.78. The third-order valence-corrected chi connectivity index (χ3v) is 18.1. The molecule has 500 valence electrons. The summed E-state index contributed by atoms with van der Waals surface area (Å²) in [5, 5.41) is 0. The van der Waals surface area contributed by atoms with Gasteiger partial charge in [0, 0.05) is 0 Å². The fraction of sp³-hybridized carbons (Fsp3) is 0.788. The van der Waals surface area contributed by atoms with Crippen molar-refractivity contribution >= 4 is 12.2 Å². The maximum atomic E-state index is 6.94. The lowest BCUT2D eigenvalue weighted by atomic mass is 10.0. The molecule has 12 heterocycles. The van der Waals surface area contributed by atoms with Crippen molar-refractivity contribution in [1.29, 1.82) is 0 Å². The molecule has 0 N–H and O–H groups in total. The van der Waals surface area contributed by atoms with E-state index >= 15 is 0 Å². The molecule has 90 heavy (non-hydrogen) atoms. The Bertz CT molecular complexity index is 2590. The zero-order valence-corrected chi connectivity index (χ0v) is 54.6. The molecule has 12 aliphatic heterocycles. The highest BCUT2D eigenvalue weighted by Crippen LogP contribution is 2.47. The van der Waals surface area contributed by atoms with E-state index in [0.29, 0.717) is 26.4 Å². The standard InChI is InChI=1S/C66H92O24/c1-59(2)71-29-39(79-59)43-47(51-55(75-43)87-63(9,10)83-51)67-25-35-19-33(20-36(23-35)26-68-48-44(40-30-72-60(3,4)80-40)76-56-52(48)84-64(11,12)88-56)17-18-34-21-37(27-69-49-45(41-31-73-61(5,6)81-41)77-57-53(49)85-65(13,14)89-57)24-38(22-34)28-70-50-46(42-32-74-62(7,8)82-42)78-58-54(50)86-66(15,16)90-58/h17-24,39-58H,25-32H2,1-16H3/b18-17+/t39-,40-,41-,42-,43-,44-,45-,46-,47+,48+,49+,50+,51-,52-,53-,54-,55-,56-,57-,58-/m1/s1. The average Bonchev–Trinajstić information content (AvgIpc) is 2.06. The fourth-order valence-electron chi connectivity index (χ4n) is 14.6. The van der Waals surface area contributed by atoms with Gasteiger partial charge in [-0.1, -0.05) is 24.3 Å². The Morgan fingerprint density at radius 3 is 0.711 bits per heavy atom. The molecular formula is C66H92O24. The summed E-state index contributed by atoms with van der Waals surface area (Å²) in [7, 11) is 0. The summed E-state index contributed by atoms with van der Waals surface area (Å²) in [4.78, 5) is 0. The highest BCUT2D eigenvalue weighted by atomic mass is 16.9. The van der Waals surface area contributed by atoms with Crippen LogP contribution in [0.2, 0.25) is 0 Å². The predicted octanol–water partition coefficient (Wildman–Crippen LogP) is 7.51. The molecule has 14 rings (SSSR count). The molecule has 0 unspecified atom stereocenters. The first-order valence-electron chi connectivity index (χ1n) is 32.0. The molecule has 12 aliphatic rings. The Morgan fingerprint density at radius 1 is 0.289 bits per heavy atom. The maximum absolute atomic E-state index is 6.94. The van der Waals surface area contributed by atoms with Gasteiger partial charge in [-0.15, -0.1) is 0 Å². The molecule has 0 saturated carbocycles. The van der Waals surface area contributed by atoms with Gasteiger partial charge < -0.3 is 114 Å². The Balaban J connectivity index is 0.778. The molecule has 0 spiro atoms. The highest BCUT2D eigenvalue weighted by Gasteiger charge is 2.63. The van der Waals surface area contributed by atoms with Crippen molar-refractivity contribution in [3.8, 4) is 0 Å². The van der Waals surface area contributed by atoms with Crippen molar-refractivity contribution in [3.63, 3.8) is 0 Å². The van der Waals surface area contributed by atoms with Gasteiger partial charge in [-0.2, -0.15) is 0 Å². The van der Waals surface area contributed by atoms with Gasteiger partial charge in [-0.25, -0.2) is 0 Å². The molecule has 0 bridgehead atoms. The summed E-state index contributed by atoms with van der Waals surface area (Å²) >= 11 is 0. The molecule has 0 aliphatic carbocycles. The van der Waals surface area contributed by atoms with E-state index in [9.17, 15) is 0 Å². The Labute approximate surface area is 526 Å². The minimum atomic E-state index is -0.886. The van der Waals surface area contributed by atoms with Crippen LogP contribution < -0.4 is 0 Å². The van der Waals surface area contributed by atoms with Crippen molar-refractivity contribution in [1.82, 2.24) is 0 Å². The molecule has 12 saturated heterocycles. The number of ether oxygens (including phenoxy) is 24. The van der Waals surface area contributed by atoms with Gasteiger partial charge in [0.15, 0.2) is 71.5 Å². The average molecular weight is 1270 g/mol. The van der Waals surface area contributed by atoms with Crippen LogP contribution in [0.15, 0.2) is 36.4 Å². The van der Waals surface area contributed by atoms with E-state index < -0.39 is 169 Å². The smallest absolute Gasteiger partial charge is 0.190 e. The van der Waals surface area contributed by atoms with Crippen LogP contribution >= 0.6 is 0 Å². The lowest BCUT2D eigenvalue weighted by Gasteiger charge is -2.29. The van der Waals surface area contributed by atoms with Crippen LogP contribution in [0.1, 0.15) is 144 Å². The normalized spacial score (nSPS) is 42.6. The van der Waals surface area contributed by atoms with Crippen LogP contribution in [0.25, 0.3) is 12.2 Å². The lowest BCUT2D eigenvalue weighted by molar-refractivity contribution is -0.237. The summed E-state index contributed by atoms with van der Waals surface area (Å²) in [6.45, 7) is 32.0. The van der Waals surface area contributed by atoms with E-state index in [0.717, 1.165) is 33.4 Å². The maximum Gasteiger partial charge on any atom is 0.190 e. The van der Waals surface area contributed by atoms with E-state index in [1.165, 1.54) is 0 Å². The second kappa shape index (κ2) is 23.5. The van der Waals surface area contributed by atoms with Crippen LogP contribution in [0.5, 0.6) is 0 Å². The van der Waals surface area contributed by atoms with Crippen molar-refractivity contribution in [3.05, 3.63) is 69.8 Å². The van der Waals surface area contributed by atoms with Crippen LogP contribution in [0, 0.1) is 0 Å². The van der Waals surface area contributed by atoms with Crippen LogP contribution in [0.3, 0.4) is 0 Å². The van der Waals surface area contributed by atoms with E-state index in [4.69, 9.17) is 114 Å². The first-order valence-corrected chi connectivity index (χ1v) is 32.0. The van der Waals surface area contributed by atoms with Crippen LogP contribution in [-0.2, 0) is 140 Å². The fourth-order valence-corrected chi connectivity index (χ4v) is 14.6. The summed E-state index contributed by atoms with van der Waals surface area (Å²) in [5.74, 6) is -6.73. The second-order valence-corrected chi connectivity index (χ2v) is 29.3.